The maximum Gasteiger partial charge on any atom is 0.237 e. The predicted molar refractivity (Wildman–Crippen MR) is 124 cm³/mol. The number of rotatable bonds is 7. The first-order valence-corrected chi connectivity index (χ1v) is 10.9. The van der Waals surface area contributed by atoms with Crippen LogP contribution in [-0.2, 0) is 4.79 Å². The first kappa shape index (κ1) is 20.7. The summed E-state index contributed by atoms with van der Waals surface area (Å²) in [6.45, 7) is 1.97. The van der Waals surface area contributed by atoms with Gasteiger partial charge in [-0.3, -0.25) is 9.78 Å². The summed E-state index contributed by atoms with van der Waals surface area (Å²) in [5, 5.41) is 11.9. The van der Waals surface area contributed by atoms with Crippen LogP contribution < -0.4 is 5.32 Å². The summed E-state index contributed by atoms with van der Waals surface area (Å²) in [6.07, 6.45) is 3.92. The van der Waals surface area contributed by atoms with Gasteiger partial charge in [0, 0.05) is 29.2 Å². The molecule has 0 fully saturated rings. The molecule has 0 aliphatic carbocycles. The van der Waals surface area contributed by atoms with Crippen molar-refractivity contribution in [3.63, 3.8) is 0 Å². The number of pyridine rings is 1. The van der Waals surface area contributed by atoms with Gasteiger partial charge in [-0.25, -0.2) is 4.98 Å². The zero-order valence-electron chi connectivity index (χ0n) is 17.0. The monoisotopic (exact) mass is 427 g/mol. The van der Waals surface area contributed by atoms with Crippen LogP contribution in [0.2, 0.25) is 0 Å². The second kappa shape index (κ2) is 9.95. The number of anilines is 1. The third kappa shape index (κ3) is 5.13. The van der Waals surface area contributed by atoms with E-state index in [1.807, 2.05) is 67.6 Å². The van der Waals surface area contributed by atoms with Gasteiger partial charge in [0.15, 0.2) is 0 Å². The molecule has 31 heavy (non-hydrogen) atoms. The SMILES string of the molecule is CCC(Sc1nnc(-c2ccccc2)c(-c2ccccc2)n1)C(=O)Nc1ccncc1. The van der Waals surface area contributed by atoms with E-state index >= 15 is 0 Å². The molecular weight excluding hydrogens is 406 g/mol. The number of hydrogen-bond donors (Lipinski definition) is 1. The van der Waals surface area contributed by atoms with Gasteiger partial charge in [-0.15, -0.1) is 10.2 Å². The van der Waals surface area contributed by atoms with Gasteiger partial charge in [-0.1, -0.05) is 79.3 Å². The number of nitrogens with zero attached hydrogens (tertiary/aromatic N) is 4. The van der Waals surface area contributed by atoms with E-state index in [0.29, 0.717) is 23.0 Å². The highest BCUT2D eigenvalue weighted by Gasteiger charge is 2.21. The number of benzene rings is 2. The molecule has 1 unspecified atom stereocenters. The van der Waals surface area contributed by atoms with Gasteiger partial charge in [0.2, 0.25) is 11.1 Å². The summed E-state index contributed by atoms with van der Waals surface area (Å²) in [7, 11) is 0. The van der Waals surface area contributed by atoms with Crippen molar-refractivity contribution in [3.8, 4) is 22.5 Å². The fraction of sp³-hybridized carbons (Fsp3) is 0.125. The van der Waals surface area contributed by atoms with E-state index in [1.165, 1.54) is 11.8 Å². The Balaban J connectivity index is 1.63. The Morgan fingerprint density at radius 1 is 0.871 bits per heavy atom. The summed E-state index contributed by atoms with van der Waals surface area (Å²) in [6, 6.07) is 23.3. The van der Waals surface area contributed by atoms with Gasteiger partial charge in [-0.2, -0.15) is 0 Å². The van der Waals surface area contributed by atoms with Crippen molar-refractivity contribution in [2.45, 2.75) is 23.8 Å². The Morgan fingerprint density at radius 3 is 2.10 bits per heavy atom. The smallest absolute Gasteiger partial charge is 0.237 e. The Labute approximate surface area is 185 Å². The minimum atomic E-state index is -0.346. The van der Waals surface area contributed by atoms with Crippen LogP contribution in [0.5, 0.6) is 0 Å². The standard InChI is InChI=1S/C24H21N5OS/c1-2-20(23(30)26-19-13-15-25-16-14-19)31-24-27-21(17-9-5-3-6-10-17)22(28-29-24)18-11-7-4-8-12-18/h3-16,20H,2H2,1H3,(H,25,26,30). The molecule has 154 valence electrons. The van der Waals surface area contributed by atoms with Gasteiger partial charge in [0.05, 0.1) is 5.25 Å². The van der Waals surface area contributed by atoms with Gasteiger partial charge in [-0.05, 0) is 18.6 Å². The lowest BCUT2D eigenvalue weighted by Gasteiger charge is -2.15. The number of amides is 1. The van der Waals surface area contributed by atoms with Crippen molar-refractivity contribution in [2.75, 3.05) is 5.32 Å². The zero-order chi connectivity index (χ0) is 21.5. The lowest BCUT2D eigenvalue weighted by Crippen LogP contribution is -2.25. The Bertz CT molecular complexity index is 1140. The average Bonchev–Trinajstić information content (AvgIpc) is 2.84. The zero-order valence-corrected chi connectivity index (χ0v) is 17.8. The first-order valence-electron chi connectivity index (χ1n) is 9.97. The molecular formula is C24H21N5OS. The van der Waals surface area contributed by atoms with Crippen molar-refractivity contribution in [3.05, 3.63) is 85.2 Å². The summed E-state index contributed by atoms with van der Waals surface area (Å²) < 4.78 is 0. The van der Waals surface area contributed by atoms with Crippen molar-refractivity contribution in [1.82, 2.24) is 20.2 Å². The maximum absolute atomic E-state index is 12.8. The quantitative estimate of drug-likeness (QED) is 0.413. The summed E-state index contributed by atoms with van der Waals surface area (Å²) in [5.41, 5.74) is 4.06. The van der Waals surface area contributed by atoms with Crippen LogP contribution in [0.4, 0.5) is 5.69 Å². The maximum atomic E-state index is 12.8. The molecule has 0 spiro atoms. The second-order valence-electron chi connectivity index (χ2n) is 6.76. The third-order valence-corrected chi connectivity index (χ3v) is 5.84. The molecule has 4 aromatic rings. The normalized spacial score (nSPS) is 11.6. The highest BCUT2D eigenvalue weighted by molar-refractivity contribution is 8.00. The molecule has 0 aliphatic heterocycles. The molecule has 7 heteroatoms. The van der Waals surface area contributed by atoms with Crippen LogP contribution in [-0.4, -0.2) is 31.3 Å². The summed E-state index contributed by atoms with van der Waals surface area (Å²) >= 11 is 1.32. The van der Waals surface area contributed by atoms with Crippen LogP contribution in [0.1, 0.15) is 13.3 Å². The van der Waals surface area contributed by atoms with E-state index in [2.05, 4.69) is 20.5 Å². The van der Waals surface area contributed by atoms with E-state index in [9.17, 15) is 4.79 Å². The molecule has 2 aromatic carbocycles. The van der Waals surface area contributed by atoms with Crippen molar-refractivity contribution in [1.29, 1.82) is 0 Å². The fourth-order valence-corrected chi connectivity index (χ4v) is 3.88. The molecule has 1 amide bonds. The largest absolute Gasteiger partial charge is 0.325 e. The minimum Gasteiger partial charge on any atom is -0.325 e. The van der Waals surface area contributed by atoms with Crippen LogP contribution in [0, 0.1) is 0 Å². The van der Waals surface area contributed by atoms with E-state index in [4.69, 9.17) is 4.98 Å². The molecule has 0 radical (unpaired) electrons. The van der Waals surface area contributed by atoms with E-state index in [1.54, 1.807) is 24.5 Å². The van der Waals surface area contributed by atoms with Crippen LogP contribution >= 0.6 is 11.8 Å². The molecule has 0 saturated carbocycles. The number of thioether (sulfide) groups is 1. The fourth-order valence-electron chi connectivity index (χ4n) is 3.06. The summed E-state index contributed by atoms with van der Waals surface area (Å²) in [5.74, 6) is -0.101. The number of carbonyl (C=O) groups excluding carboxylic acids is 1. The Kier molecular flexibility index (Phi) is 6.64. The van der Waals surface area contributed by atoms with Crippen LogP contribution in [0.15, 0.2) is 90.3 Å². The van der Waals surface area contributed by atoms with E-state index in [-0.39, 0.29) is 11.2 Å². The average molecular weight is 428 g/mol. The second-order valence-corrected chi connectivity index (χ2v) is 7.93. The lowest BCUT2D eigenvalue weighted by atomic mass is 10.0. The van der Waals surface area contributed by atoms with E-state index in [0.717, 1.165) is 16.8 Å². The van der Waals surface area contributed by atoms with E-state index < -0.39 is 0 Å². The molecule has 6 nitrogen and oxygen atoms in total. The number of aromatic nitrogens is 4. The van der Waals surface area contributed by atoms with Gasteiger partial charge >= 0.3 is 0 Å². The predicted octanol–water partition coefficient (Wildman–Crippen LogP) is 5.11. The van der Waals surface area contributed by atoms with Gasteiger partial charge in [0.1, 0.15) is 11.4 Å². The molecule has 1 N–H and O–H groups in total. The first-order chi connectivity index (χ1) is 15.2. The van der Waals surface area contributed by atoms with Crippen molar-refractivity contribution >= 4 is 23.4 Å². The third-order valence-electron chi connectivity index (χ3n) is 4.62. The molecule has 2 aromatic heterocycles. The molecule has 4 rings (SSSR count). The van der Waals surface area contributed by atoms with Gasteiger partial charge in [0.25, 0.3) is 0 Å². The molecule has 0 saturated heterocycles. The van der Waals surface area contributed by atoms with Gasteiger partial charge < -0.3 is 5.32 Å². The Morgan fingerprint density at radius 2 is 1.48 bits per heavy atom. The molecule has 0 aliphatic rings. The highest BCUT2D eigenvalue weighted by atomic mass is 32.2. The highest BCUT2D eigenvalue weighted by Crippen LogP contribution is 2.31. The topological polar surface area (TPSA) is 80.7 Å². The molecule has 2 heterocycles. The lowest BCUT2D eigenvalue weighted by molar-refractivity contribution is -0.115. The molecule has 0 bridgehead atoms. The van der Waals surface area contributed by atoms with Crippen LogP contribution in [0.25, 0.3) is 22.5 Å². The minimum absolute atomic E-state index is 0.101. The van der Waals surface area contributed by atoms with Crippen molar-refractivity contribution in [2.24, 2.45) is 0 Å². The molecule has 1 atom stereocenters. The Hall–Kier alpha value is -3.58. The number of hydrogen-bond acceptors (Lipinski definition) is 6. The summed E-state index contributed by atoms with van der Waals surface area (Å²) in [4.78, 5) is 21.5. The number of carbonyl (C=O) groups is 1. The van der Waals surface area contributed by atoms with Crippen molar-refractivity contribution < 1.29 is 4.79 Å². The number of nitrogens with one attached hydrogen (secondary N) is 1. The van der Waals surface area contributed by atoms with Crippen LogP contribution in [0.3, 0.4) is 0 Å².